The Kier molecular flexibility index (Phi) is 5.44. The molecule has 0 atom stereocenters. The summed E-state index contributed by atoms with van der Waals surface area (Å²) in [6.07, 6.45) is 5.74. The Hall–Kier alpha value is -0.850. The fourth-order valence-corrected chi connectivity index (χ4v) is 0.740. The highest BCUT2D eigenvalue weighted by Crippen LogP contribution is 2.08. The van der Waals surface area contributed by atoms with Gasteiger partial charge in [-0.1, -0.05) is 26.5 Å². The first kappa shape index (κ1) is 10.2. The number of rotatable bonds is 4. The molecule has 0 rings (SSSR count). The average Bonchev–Trinajstić information content (AvgIpc) is 1.97. The van der Waals surface area contributed by atoms with Gasteiger partial charge in [-0.2, -0.15) is 0 Å². The van der Waals surface area contributed by atoms with Crippen LogP contribution in [0.15, 0.2) is 29.3 Å². The largest absolute Gasteiger partial charge is 0.293 e. The highest BCUT2D eigenvalue weighted by molar-refractivity contribution is 5.73. The molecule has 0 fully saturated rings. The molecule has 0 aromatic carbocycles. The van der Waals surface area contributed by atoms with E-state index < -0.39 is 0 Å². The first-order chi connectivity index (χ1) is 5.22. The summed E-state index contributed by atoms with van der Waals surface area (Å²) >= 11 is 0. The maximum Gasteiger partial charge on any atom is 0.0360 e. The molecule has 0 saturated carbocycles. The zero-order chi connectivity index (χ0) is 8.69. The van der Waals surface area contributed by atoms with Crippen molar-refractivity contribution in [1.29, 1.82) is 0 Å². The van der Waals surface area contributed by atoms with Crippen LogP contribution in [-0.4, -0.2) is 12.8 Å². The Balaban J connectivity index is 4.12. The molecule has 0 spiro atoms. The first-order valence-corrected chi connectivity index (χ1v) is 4.04. The van der Waals surface area contributed by atoms with Gasteiger partial charge in [0.05, 0.1) is 0 Å². The second kappa shape index (κ2) is 5.90. The van der Waals surface area contributed by atoms with Gasteiger partial charge in [0, 0.05) is 12.8 Å². The molecule has 0 aromatic rings. The highest BCUT2D eigenvalue weighted by atomic mass is 14.7. The molecule has 0 aliphatic rings. The fraction of sp³-hybridized carbons (Fsp3) is 0.500. The molecular formula is C10H17N. The lowest BCUT2D eigenvalue weighted by Crippen LogP contribution is -1.90. The lowest BCUT2D eigenvalue weighted by molar-refractivity contribution is 0.793. The predicted molar refractivity (Wildman–Crippen MR) is 52.2 cm³/mol. The van der Waals surface area contributed by atoms with Crippen molar-refractivity contribution in [2.75, 3.05) is 6.54 Å². The zero-order valence-electron chi connectivity index (χ0n) is 7.67. The van der Waals surface area contributed by atoms with E-state index in [4.69, 9.17) is 0 Å². The topological polar surface area (TPSA) is 12.4 Å². The Labute approximate surface area is 69.5 Å². The second-order valence-electron chi connectivity index (χ2n) is 2.67. The summed E-state index contributed by atoms with van der Waals surface area (Å²) in [5.74, 6) is 0.538. The van der Waals surface area contributed by atoms with Gasteiger partial charge in [0.25, 0.3) is 0 Å². The molecule has 0 N–H and O–H groups in total. The van der Waals surface area contributed by atoms with E-state index in [1.807, 2.05) is 25.3 Å². The van der Waals surface area contributed by atoms with E-state index in [0.29, 0.717) is 5.92 Å². The third-order valence-corrected chi connectivity index (χ3v) is 1.46. The van der Waals surface area contributed by atoms with Crippen LogP contribution in [0.25, 0.3) is 0 Å². The van der Waals surface area contributed by atoms with Crippen molar-refractivity contribution in [3.8, 4) is 0 Å². The lowest BCUT2D eigenvalue weighted by atomic mass is 10.0. The maximum atomic E-state index is 4.09. The van der Waals surface area contributed by atoms with Crippen LogP contribution in [-0.2, 0) is 0 Å². The number of hydrogen-bond acceptors (Lipinski definition) is 1. The second-order valence-corrected chi connectivity index (χ2v) is 2.67. The van der Waals surface area contributed by atoms with Gasteiger partial charge in [-0.15, -0.1) is 0 Å². The van der Waals surface area contributed by atoms with Gasteiger partial charge in [0.15, 0.2) is 0 Å². The van der Waals surface area contributed by atoms with Crippen LogP contribution >= 0.6 is 0 Å². The van der Waals surface area contributed by atoms with Crippen LogP contribution in [0.1, 0.15) is 20.8 Å². The molecule has 1 heteroatoms. The molecule has 0 aliphatic heterocycles. The van der Waals surface area contributed by atoms with Crippen LogP contribution in [0, 0.1) is 5.92 Å². The molecule has 0 saturated heterocycles. The van der Waals surface area contributed by atoms with E-state index in [1.54, 1.807) is 0 Å². The zero-order valence-corrected chi connectivity index (χ0v) is 7.67. The van der Waals surface area contributed by atoms with Crippen molar-refractivity contribution in [2.45, 2.75) is 20.8 Å². The van der Waals surface area contributed by atoms with Gasteiger partial charge < -0.3 is 0 Å². The van der Waals surface area contributed by atoms with Crippen LogP contribution in [0.5, 0.6) is 0 Å². The van der Waals surface area contributed by atoms with Crippen molar-refractivity contribution < 1.29 is 0 Å². The Bertz CT molecular complexity index is 164. The summed E-state index contributed by atoms with van der Waals surface area (Å²) in [4.78, 5) is 4.09. The average molecular weight is 151 g/mol. The van der Waals surface area contributed by atoms with Gasteiger partial charge in [-0.3, -0.25) is 4.99 Å². The van der Waals surface area contributed by atoms with Crippen LogP contribution in [0.2, 0.25) is 0 Å². The molecule has 0 aliphatic carbocycles. The number of allylic oxidation sites excluding steroid dienone is 3. The summed E-state index contributed by atoms with van der Waals surface area (Å²) in [6.45, 7) is 10.9. The number of aliphatic imine (C=N–C) groups is 1. The summed E-state index contributed by atoms with van der Waals surface area (Å²) in [6, 6.07) is 0. The van der Waals surface area contributed by atoms with Crippen molar-refractivity contribution in [3.63, 3.8) is 0 Å². The van der Waals surface area contributed by atoms with E-state index >= 15 is 0 Å². The standard InChI is InChI=1S/C10H17N/c1-5-10(9(3)4)7-8-11-6-2/h5,7-9H,1,6H2,2-4H3/b10-7+,11-8-. The monoisotopic (exact) mass is 151 g/mol. The predicted octanol–water partition coefficient (Wildman–Crippen LogP) is 2.85. The fourth-order valence-electron chi connectivity index (χ4n) is 0.740. The van der Waals surface area contributed by atoms with Crippen LogP contribution in [0.3, 0.4) is 0 Å². The van der Waals surface area contributed by atoms with E-state index in [9.17, 15) is 0 Å². The van der Waals surface area contributed by atoms with E-state index in [1.165, 1.54) is 5.57 Å². The molecule has 0 aromatic heterocycles. The van der Waals surface area contributed by atoms with Gasteiger partial charge in [0.1, 0.15) is 0 Å². The summed E-state index contributed by atoms with van der Waals surface area (Å²) in [5.41, 5.74) is 1.24. The minimum absolute atomic E-state index is 0.538. The van der Waals surface area contributed by atoms with Crippen molar-refractivity contribution in [2.24, 2.45) is 10.9 Å². The normalized spacial score (nSPS) is 12.9. The van der Waals surface area contributed by atoms with Crippen molar-refractivity contribution in [3.05, 3.63) is 24.3 Å². The van der Waals surface area contributed by atoms with E-state index in [-0.39, 0.29) is 0 Å². The Morgan fingerprint density at radius 1 is 1.55 bits per heavy atom. The molecule has 0 amide bonds. The molecule has 0 heterocycles. The number of nitrogens with zero attached hydrogens (tertiary/aromatic N) is 1. The number of hydrogen-bond donors (Lipinski definition) is 0. The minimum Gasteiger partial charge on any atom is -0.293 e. The molecule has 0 bridgehead atoms. The SMILES string of the molecule is C=C/C(=C\C=N/CC)C(C)C. The third-order valence-electron chi connectivity index (χ3n) is 1.46. The highest BCUT2D eigenvalue weighted by Gasteiger charge is 1.94. The van der Waals surface area contributed by atoms with Gasteiger partial charge in [-0.25, -0.2) is 0 Å². The molecule has 62 valence electrons. The molecule has 11 heavy (non-hydrogen) atoms. The summed E-state index contributed by atoms with van der Waals surface area (Å²) < 4.78 is 0. The van der Waals surface area contributed by atoms with Gasteiger partial charge >= 0.3 is 0 Å². The third kappa shape index (κ3) is 4.54. The quantitative estimate of drug-likeness (QED) is 0.433. The summed E-state index contributed by atoms with van der Waals surface area (Å²) in [5, 5.41) is 0. The first-order valence-electron chi connectivity index (χ1n) is 4.04. The minimum atomic E-state index is 0.538. The Morgan fingerprint density at radius 2 is 2.18 bits per heavy atom. The molecule has 0 unspecified atom stereocenters. The smallest absolute Gasteiger partial charge is 0.0360 e. The maximum absolute atomic E-state index is 4.09. The van der Waals surface area contributed by atoms with Gasteiger partial charge in [0.2, 0.25) is 0 Å². The van der Waals surface area contributed by atoms with Crippen molar-refractivity contribution >= 4 is 6.21 Å². The van der Waals surface area contributed by atoms with E-state index in [0.717, 1.165) is 6.54 Å². The van der Waals surface area contributed by atoms with Crippen molar-refractivity contribution in [1.82, 2.24) is 0 Å². The van der Waals surface area contributed by atoms with Crippen LogP contribution < -0.4 is 0 Å². The van der Waals surface area contributed by atoms with Gasteiger partial charge in [-0.05, 0) is 24.5 Å². The summed E-state index contributed by atoms with van der Waals surface area (Å²) in [7, 11) is 0. The molecule has 0 radical (unpaired) electrons. The molecular weight excluding hydrogens is 134 g/mol. The molecule has 1 nitrogen and oxygen atoms in total. The van der Waals surface area contributed by atoms with E-state index in [2.05, 4.69) is 25.4 Å². The van der Waals surface area contributed by atoms with Crippen LogP contribution in [0.4, 0.5) is 0 Å². The Morgan fingerprint density at radius 3 is 2.55 bits per heavy atom. The lowest BCUT2D eigenvalue weighted by Gasteiger charge is -2.02.